The van der Waals surface area contributed by atoms with E-state index in [1.54, 1.807) is 0 Å². The molecule has 0 saturated carbocycles. The molecule has 16 heavy (non-hydrogen) atoms. The first kappa shape index (κ1) is 10.3. The van der Waals surface area contributed by atoms with E-state index >= 15 is 0 Å². The molecule has 3 heterocycles. The molecule has 0 N–H and O–H groups in total. The van der Waals surface area contributed by atoms with Crippen LogP contribution in [0.2, 0.25) is 0 Å². The van der Waals surface area contributed by atoms with E-state index in [-0.39, 0.29) is 24.4 Å². The number of nitrogens with zero attached hydrogens (tertiary/aromatic N) is 3. The van der Waals surface area contributed by atoms with E-state index in [0.717, 1.165) is 0 Å². The van der Waals surface area contributed by atoms with Gasteiger partial charge in [0, 0.05) is 4.91 Å². The zero-order valence-corrected chi connectivity index (χ0v) is 9.07. The fourth-order valence-corrected chi connectivity index (χ4v) is 2.26. The van der Waals surface area contributed by atoms with E-state index in [0.29, 0.717) is 6.61 Å². The Morgan fingerprint density at radius 1 is 1.31 bits per heavy atom. The predicted molar refractivity (Wildman–Crippen MR) is 51.4 cm³/mol. The third-order valence-corrected chi connectivity index (χ3v) is 2.96. The first-order valence-corrected chi connectivity index (χ1v) is 5.28. The van der Waals surface area contributed by atoms with Gasteiger partial charge < -0.3 is 18.9 Å². The van der Waals surface area contributed by atoms with Crippen LogP contribution in [0.1, 0.15) is 13.8 Å². The average Bonchev–Trinajstić information content (AvgIpc) is 2.92. The van der Waals surface area contributed by atoms with Crippen molar-refractivity contribution < 1.29 is 18.9 Å². The number of fused-ring (bicyclic) bond motifs is 1. The molecular weight excluding hydrogens is 214 g/mol. The lowest BCUT2D eigenvalue weighted by molar-refractivity contribution is -0.207. The Kier molecular flexibility index (Phi) is 2.14. The zero-order valence-electron chi connectivity index (χ0n) is 9.07. The molecule has 0 radical (unpaired) electrons. The Labute approximate surface area is 92.2 Å². The number of ether oxygens (including phenoxy) is 4. The van der Waals surface area contributed by atoms with Crippen LogP contribution in [0.15, 0.2) is 5.11 Å². The highest BCUT2D eigenvalue weighted by atomic mass is 16.8. The minimum atomic E-state index is -0.687. The molecule has 88 valence electrons. The lowest BCUT2D eigenvalue weighted by atomic mass is 10.1. The summed E-state index contributed by atoms with van der Waals surface area (Å²) in [6.07, 6.45) is -1.03. The number of hydrogen-bond acceptors (Lipinski definition) is 5. The van der Waals surface area contributed by atoms with Gasteiger partial charge in [0.25, 0.3) is 0 Å². The normalized spacial score (nSPS) is 48.5. The molecule has 0 unspecified atom stereocenters. The number of rotatable bonds is 2. The molecular formula is C9H13N3O4. The van der Waals surface area contributed by atoms with E-state index in [2.05, 4.69) is 10.0 Å². The van der Waals surface area contributed by atoms with E-state index in [9.17, 15) is 0 Å². The van der Waals surface area contributed by atoms with Gasteiger partial charge in [-0.1, -0.05) is 5.11 Å². The highest BCUT2D eigenvalue weighted by Gasteiger charge is 2.58. The van der Waals surface area contributed by atoms with Crippen LogP contribution < -0.4 is 0 Å². The molecule has 0 aromatic carbocycles. The Morgan fingerprint density at radius 3 is 2.69 bits per heavy atom. The summed E-state index contributed by atoms with van der Waals surface area (Å²) in [4.78, 5) is 2.84. The predicted octanol–water partition coefficient (Wildman–Crippen LogP) is 0.940. The van der Waals surface area contributed by atoms with E-state index in [1.807, 2.05) is 13.8 Å². The van der Waals surface area contributed by atoms with Crippen molar-refractivity contribution >= 4 is 0 Å². The summed E-state index contributed by atoms with van der Waals surface area (Å²) in [5.41, 5.74) is 8.56. The molecule has 3 saturated heterocycles. The highest BCUT2D eigenvalue weighted by Crippen LogP contribution is 2.41. The lowest BCUT2D eigenvalue weighted by Gasteiger charge is -2.22. The standard InChI is InChI=1S/C9H13N3O4/c1-9(2)15-7-5(11-12-10)6(4-3-13-4)14-8(7)16-9/h4-8H,3H2,1-2H3/t4-,5-,6+,7+,8+/m0/s1. The number of hydrogen-bond donors (Lipinski definition) is 0. The van der Waals surface area contributed by atoms with Crippen LogP contribution in [0, 0.1) is 0 Å². The topological polar surface area (TPSA) is 89.0 Å². The van der Waals surface area contributed by atoms with Crippen molar-refractivity contribution in [2.75, 3.05) is 6.61 Å². The van der Waals surface area contributed by atoms with E-state index in [1.165, 1.54) is 0 Å². The summed E-state index contributed by atoms with van der Waals surface area (Å²) < 4.78 is 22.1. The lowest BCUT2D eigenvalue weighted by Crippen LogP contribution is -2.35. The van der Waals surface area contributed by atoms with Gasteiger partial charge in [0.15, 0.2) is 12.1 Å². The van der Waals surface area contributed by atoms with Crippen LogP contribution in [0.4, 0.5) is 0 Å². The Bertz CT molecular complexity index is 351. The van der Waals surface area contributed by atoms with Crippen LogP contribution in [0.5, 0.6) is 0 Å². The Balaban J connectivity index is 1.82. The molecule has 0 aromatic heterocycles. The van der Waals surface area contributed by atoms with Crippen molar-refractivity contribution in [1.29, 1.82) is 0 Å². The SMILES string of the molecule is CC1(C)O[C@H]2O[C@H]([C@@H]3CO3)[C@H](N=[N+]=[N-])[C@H]2O1. The molecule has 3 aliphatic rings. The zero-order chi connectivity index (χ0) is 11.3. The van der Waals surface area contributed by atoms with Gasteiger partial charge in [-0.05, 0) is 19.4 Å². The van der Waals surface area contributed by atoms with Crippen molar-refractivity contribution in [3.05, 3.63) is 10.4 Å². The van der Waals surface area contributed by atoms with Gasteiger partial charge in [-0.2, -0.15) is 0 Å². The number of azide groups is 1. The summed E-state index contributed by atoms with van der Waals surface area (Å²) in [6, 6.07) is -0.371. The van der Waals surface area contributed by atoms with E-state index in [4.69, 9.17) is 24.5 Å². The largest absolute Gasteiger partial charge is 0.370 e. The summed E-state index contributed by atoms with van der Waals surface area (Å²) in [5.74, 6) is -0.687. The Morgan fingerprint density at radius 2 is 2.06 bits per heavy atom. The molecule has 0 amide bonds. The quantitative estimate of drug-likeness (QED) is 0.304. The third-order valence-electron chi connectivity index (χ3n) is 2.96. The number of epoxide rings is 1. The second kappa shape index (κ2) is 3.32. The molecule has 0 spiro atoms. The van der Waals surface area contributed by atoms with Crippen molar-refractivity contribution in [1.82, 2.24) is 0 Å². The summed E-state index contributed by atoms with van der Waals surface area (Å²) in [5, 5.41) is 3.75. The smallest absolute Gasteiger partial charge is 0.188 e. The maximum Gasteiger partial charge on any atom is 0.188 e. The highest BCUT2D eigenvalue weighted by molar-refractivity contribution is 5.03. The molecule has 7 nitrogen and oxygen atoms in total. The molecule has 7 heteroatoms. The second-order valence-electron chi connectivity index (χ2n) is 4.64. The summed E-state index contributed by atoms with van der Waals surface area (Å²) in [7, 11) is 0. The van der Waals surface area contributed by atoms with Gasteiger partial charge >= 0.3 is 0 Å². The molecule has 0 aliphatic carbocycles. The summed E-state index contributed by atoms with van der Waals surface area (Å²) in [6.45, 7) is 4.26. The van der Waals surface area contributed by atoms with Crippen molar-refractivity contribution in [2.45, 2.75) is 50.3 Å². The van der Waals surface area contributed by atoms with Gasteiger partial charge in [-0.15, -0.1) is 0 Å². The van der Waals surface area contributed by atoms with Crippen molar-refractivity contribution in [3.63, 3.8) is 0 Å². The van der Waals surface area contributed by atoms with Crippen LogP contribution in [0.25, 0.3) is 10.4 Å². The van der Waals surface area contributed by atoms with Gasteiger partial charge in [0.05, 0.1) is 12.6 Å². The maximum absolute atomic E-state index is 8.56. The van der Waals surface area contributed by atoms with Gasteiger partial charge in [0.1, 0.15) is 18.3 Å². The third kappa shape index (κ3) is 1.57. The van der Waals surface area contributed by atoms with Crippen LogP contribution in [0.3, 0.4) is 0 Å². The van der Waals surface area contributed by atoms with Crippen LogP contribution in [-0.2, 0) is 18.9 Å². The van der Waals surface area contributed by atoms with Gasteiger partial charge in [-0.25, -0.2) is 0 Å². The molecule has 5 atom stereocenters. The summed E-state index contributed by atoms with van der Waals surface area (Å²) >= 11 is 0. The second-order valence-corrected chi connectivity index (χ2v) is 4.64. The van der Waals surface area contributed by atoms with Crippen molar-refractivity contribution in [3.8, 4) is 0 Å². The first-order chi connectivity index (χ1) is 7.61. The van der Waals surface area contributed by atoms with E-state index < -0.39 is 12.1 Å². The minimum Gasteiger partial charge on any atom is -0.370 e. The molecule has 0 bridgehead atoms. The fraction of sp³-hybridized carbons (Fsp3) is 1.00. The van der Waals surface area contributed by atoms with Gasteiger partial charge in [-0.3, -0.25) is 0 Å². The Hall–Kier alpha value is -0.850. The molecule has 3 aliphatic heterocycles. The molecule has 3 rings (SSSR count). The fourth-order valence-electron chi connectivity index (χ4n) is 2.26. The van der Waals surface area contributed by atoms with Crippen LogP contribution in [-0.4, -0.2) is 43.0 Å². The first-order valence-electron chi connectivity index (χ1n) is 5.28. The maximum atomic E-state index is 8.56. The molecule has 3 fully saturated rings. The molecule has 0 aromatic rings. The van der Waals surface area contributed by atoms with Gasteiger partial charge in [0.2, 0.25) is 0 Å². The minimum absolute atomic E-state index is 0.0106. The van der Waals surface area contributed by atoms with Crippen LogP contribution >= 0.6 is 0 Å². The monoisotopic (exact) mass is 227 g/mol. The van der Waals surface area contributed by atoms with Crippen molar-refractivity contribution in [2.24, 2.45) is 5.11 Å². The average molecular weight is 227 g/mol.